The molecule has 0 saturated carbocycles. The van der Waals surface area contributed by atoms with E-state index in [9.17, 15) is 15.0 Å². The van der Waals surface area contributed by atoms with E-state index >= 15 is 0 Å². The fourth-order valence-corrected chi connectivity index (χ4v) is 4.60. The summed E-state index contributed by atoms with van der Waals surface area (Å²) in [5, 5.41) is 26.9. The Hall–Kier alpha value is -4.50. The number of nitrogens with two attached hydrogens (primary N) is 2. The first-order chi connectivity index (χ1) is 19.8. The molecule has 1 unspecified atom stereocenters. The van der Waals surface area contributed by atoms with Crippen molar-refractivity contribution in [2.24, 2.45) is 0 Å². The molecule has 1 fully saturated rings. The van der Waals surface area contributed by atoms with Gasteiger partial charge in [-0.3, -0.25) is 4.57 Å². The van der Waals surface area contributed by atoms with Gasteiger partial charge in [0.15, 0.2) is 17.7 Å². The van der Waals surface area contributed by atoms with E-state index in [1.54, 1.807) is 41.0 Å². The minimum atomic E-state index is -1.18. The topological polar surface area (TPSA) is 199 Å². The molecule has 14 heteroatoms. The van der Waals surface area contributed by atoms with Crippen molar-refractivity contribution in [3.05, 3.63) is 61.2 Å². The number of aliphatic hydroxyl groups is 2. The Labute approximate surface area is 235 Å². The zero-order valence-electron chi connectivity index (χ0n) is 22.4. The number of nitrogen functional groups attached to an aromatic ring is 2. The van der Waals surface area contributed by atoms with Crippen LogP contribution in [0.4, 0.5) is 22.0 Å². The van der Waals surface area contributed by atoms with Gasteiger partial charge >= 0.3 is 6.03 Å². The molecule has 41 heavy (non-hydrogen) atoms. The summed E-state index contributed by atoms with van der Waals surface area (Å²) < 4.78 is 13.3. The zero-order chi connectivity index (χ0) is 28.9. The smallest absolute Gasteiger partial charge is 0.319 e. The molecule has 0 aliphatic carbocycles. The maximum absolute atomic E-state index is 12.3. The third kappa shape index (κ3) is 6.47. The molecule has 8 N–H and O–H groups in total. The van der Waals surface area contributed by atoms with Crippen LogP contribution in [-0.2, 0) is 4.74 Å². The lowest BCUT2D eigenvalue weighted by atomic mass is 10.1. The van der Waals surface area contributed by atoms with E-state index in [4.69, 9.17) is 20.9 Å². The summed E-state index contributed by atoms with van der Waals surface area (Å²) in [5.41, 5.74) is 13.7. The van der Waals surface area contributed by atoms with Crippen LogP contribution in [0, 0.1) is 0 Å². The average Bonchev–Trinajstić information content (AvgIpc) is 3.51. The van der Waals surface area contributed by atoms with Crippen LogP contribution in [0.3, 0.4) is 0 Å². The van der Waals surface area contributed by atoms with Crippen LogP contribution in [-0.4, -0.2) is 85.7 Å². The first-order valence-electron chi connectivity index (χ1n) is 13.1. The summed E-state index contributed by atoms with van der Waals surface area (Å²) in [6, 6.07) is 13.9. The summed E-state index contributed by atoms with van der Waals surface area (Å²) in [7, 11) is 1.88. The van der Waals surface area contributed by atoms with Gasteiger partial charge in [-0.05, 0) is 56.4 Å². The van der Waals surface area contributed by atoms with Gasteiger partial charge in [-0.1, -0.05) is 12.1 Å². The second kappa shape index (κ2) is 12.3. The van der Waals surface area contributed by atoms with E-state index in [-0.39, 0.29) is 11.8 Å². The summed E-state index contributed by atoms with van der Waals surface area (Å²) in [4.78, 5) is 26.6. The molecule has 14 nitrogen and oxygen atoms in total. The lowest BCUT2D eigenvalue weighted by Gasteiger charge is -2.22. The minimum Gasteiger partial charge on any atom is -0.455 e. The minimum absolute atomic E-state index is 0.220. The van der Waals surface area contributed by atoms with Crippen molar-refractivity contribution < 1.29 is 24.5 Å². The van der Waals surface area contributed by atoms with E-state index in [0.29, 0.717) is 60.1 Å². The molecule has 2 amide bonds. The Kier molecular flexibility index (Phi) is 8.45. The van der Waals surface area contributed by atoms with Crippen LogP contribution in [0.25, 0.3) is 11.2 Å². The number of aromatic nitrogens is 4. The van der Waals surface area contributed by atoms with Gasteiger partial charge in [-0.25, -0.2) is 19.7 Å². The Morgan fingerprint density at radius 2 is 1.88 bits per heavy atom. The number of carbonyl (C=O) groups is 1. The Morgan fingerprint density at radius 3 is 2.66 bits per heavy atom. The van der Waals surface area contributed by atoms with Crippen molar-refractivity contribution in [3.8, 4) is 11.5 Å². The molecule has 2 aromatic carbocycles. The lowest BCUT2D eigenvalue weighted by molar-refractivity contribution is -0.0421. The van der Waals surface area contributed by atoms with Gasteiger partial charge in [0.1, 0.15) is 41.7 Å². The molecule has 1 saturated heterocycles. The number of amides is 2. The van der Waals surface area contributed by atoms with E-state index < -0.39 is 24.5 Å². The van der Waals surface area contributed by atoms with Crippen molar-refractivity contribution in [2.75, 3.05) is 43.5 Å². The number of anilines is 3. The second-order valence-electron chi connectivity index (χ2n) is 9.79. The number of nitrogens with one attached hydrogen (secondary N) is 2. The van der Waals surface area contributed by atoms with Crippen LogP contribution < -0.4 is 26.8 Å². The molecule has 0 bridgehead atoms. The molecule has 2 aromatic heterocycles. The predicted molar refractivity (Wildman–Crippen MR) is 152 cm³/mol. The second-order valence-corrected chi connectivity index (χ2v) is 9.79. The van der Waals surface area contributed by atoms with Gasteiger partial charge in [-0.2, -0.15) is 0 Å². The number of benzene rings is 2. The molecule has 1 aliphatic heterocycles. The maximum Gasteiger partial charge on any atom is 0.319 e. The third-order valence-electron chi connectivity index (χ3n) is 6.75. The first-order valence-corrected chi connectivity index (χ1v) is 13.1. The molecule has 5 rings (SSSR count). The number of carbonyl (C=O) groups excluding carboxylic acids is 1. The quantitative estimate of drug-likeness (QED) is 0.121. The van der Waals surface area contributed by atoms with Gasteiger partial charge in [0.2, 0.25) is 0 Å². The highest BCUT2D eigenvalue weighted by Gasteiger charge is 2.44. The molecular weight excluding hydrogens is 530 g/mol. The first kappa shape index (κ1) is 28.0. The maximum atomic E-state index is 12.3. The van der Waals surface area contributed by atoms with Gasteiger partial charge in [0.25, 0.3) is 0 Å². The SMILES string of the molecule is CN(CCCNC(=O)Nc1ccc(Oc2ccccc2N)cc1)C[C@H]1OC(n2cnc3c(N)ncnc32)[C@H](O)[C@@H]1O. The molecule has 216 valence electrons. The van der Waals surface area contributed by atoms with Crippen LogP contribution >= 0.6 is 0 Å². The number of imidazole rings is 1. The number of likely N-dealkylation sites (N-methyl/N-ethyl adjacent to an activating group) is 1. The van der Waals surface area contributed by atoms with Crippen molar-refractivity contribution in [3.63, 3.8) is 0 Å². The van der Waals surface area contributed by atoms with Crippen LogP contribution in [0.5, 0.6) is 11.5 Å². The van der Waals surface area contributed by atoms with Gasteiger partial charge in [-0.15, -0.1) is 0 Å². The molecule has 0 radical (unpaired) electrons. The molecule has 4 aromatic rings. The highest BCUT2D eigenvalue weighted by molar-refractivity contribution is 5.89. The Morgan fingerprint density at radius 1 is 1.10 bits per heavy atom. The number of rotatable bonds is 10. The van der Waals surface area contributed by atoms with Crippen LogP contribution in [0.15, 0.2) is 61.2 Å². The normalized spacial score (nSPS) is 20.4. The van der Waals surface area contributed by atoms with E-state index in [1.807, 2.05) is 24.1 Å². The third-order valence-corrected chi connectivity index (χ3v) is 6.75. The lowest BCUT2D eigenvalue weighted by Crippen LogP contribution is -2.39. The summed E-state index contributed by atoms with van der Waals surface area (Å²) in [6.07, 6.45) is -0.367. The van der Waals surface area contributed by atoms with Gasteiger partial charge < -0.3 is 46.7 Å². The Bertz CT molecular complexity index is 1480. The van der Waals surface area contributed by atoms with Crippen molar-refractivity contribution in [1.29, 1.82) is 0 Å². The van der Waals surface area contributed by atoms with Crippen molar-refractivity contribution in [2.45, 2.75) is 31.0 Å². The monoisotopic (exact) mass is 563 g/mol. The number of hydrogen-bond donors (Lipinski definition) is 6. The largest absolute Gasteiger partial charge is 0.455 e. The van der Waals surface area contributed by atoms with Crippen LogP contribution in [0.2, 0.25) is 0 Å². The molecular formula is C27H33N9O5. The number of urea groups is 1. The van der Waals surface area contributed by atoms with E-state index in [2.05, 4.69) is 25.6 Å². The molecule has 0 spiro atoms. The highest BCUT2D eigenvalue weighted by Crippen LogP contribution is 2.32. The standard InChI is InChI=1S/C27H33N9O5/c1-35(13-20-22(37)23(38)26(41-20)36-15-33-21-24(29)31-14-32-25(21)36)12-4-11-30-27(39)34-16-7-9-17(10-8-16)40-19-6-3-2-5-18(19)28/h2-3,5-10,14-15,20,22-23,26,37-38H,4,11-13,28H2,1H3,(H2,29,31,32)(H2,30,34,39)/t20-,22-,23-,26?/m1/s1. The van der Waals surface area contributed by atoms with Crippen LogP contribution in [0.1, 0.15) is 12.6 Å². The molecule has 4 atom stereocenters. The fraction of sp³-hybridized carbons (Fsp3) is 0.333. The van der Waals surface area contributed by atoms with Crippen molar-refractivity contribution in [1.82, 2.24) is 29.7 Å². The summed E-state index contributed by atoms with van der Waals surface area (Å²) >= 11 is 0. The summed E-state index contributed by atoms with van der Waals surface area (Å²) in [6.45, 7) is 1.43. The number of ether oxygens (including phenoxy) is 2. The average molecular weight is 564 g/mol. The summed E-state index contributed by atoms with van der Waals surface area (Å²) in [5.74, 6) is 1.38. The van der Waals surface area contributed by atoms with Gasteiger partial charge in [0.05, 0.1) is 12.0 Å². The number of fused-ring (bicyclic) bond motifs is 1. The van der Waals surface area contributed by atoms with E-state index in [1.165, 1.54) is 12.7 Å². The Balaban J connectivity index is 1.04. The number of para-hydroxylation sites is 2. The molecule has 3 heterocycles. The highest BCUT2D eigenvalue weighted by atomic mass is 16.6. The molecule has 1 aliphatic rings. The van der Waals surface area contributed by atoms with E-state index in [0.717, 1.165) is 0 Å². The van der Waals surface area contributed by atoms with Crippen molar-refractivity contribution >= 4 is 34.4 Å². The number of nitrogens with zero attached hydrogens (tertiary/aromatic N) is 5. The number of aliphatic hydroxyl groups excluding tert-OH is 2. The zero-order valence-corrected chi connectivity index (χ0v) is 22.4. The predicted octanol–water partition coefficient (Wildman–Crippen LogP) is 1.55. The fourth-order valence-electron chi connectivity index (χ4n) is 4.60. The van der Waals surface area contributed by atoms with Gasteiger partial charge in [0, 0.05) is 18.8 Å². The number of hydrogen-bond acceptors (Lipinski definition) is 11.